The summed E-state index contributed by atoms with van der Waals surface area (Å²) < 4.78 is 3.02. The maximum Gasteiger partial charge on any atom is 0.330 e. The highest BCUT2D eigenvalue weighted by atomic mass is 16.3. The molecule has 0 aliphatic carbocycles. The van der Waals surface area contributed by atoms with Crippen LogP contribution in [0.5, 0.6) is 0 Å². The van der Waals surface area contributed by atoms with Crippen LogP contribution in [0.3, 0.4) is 0 Å². The Morgan fingerprint density at radius 3 is 2.79 bits per heavy atom. The summed E-state index contributed by atoms with van der Waals surface area (Å²) in [4.78, 5) is 30.2. The van der Waals surface area contributed by atoms with Crippen LogP contribution in [0.2, 0.25) is 0 Å². The topological polar surface area (TPSA) is 105 Å². The van der Waals surface area contributed by atoms with Crippen molar-refractivity contribution < 1.29 is 5.11 Å². The summed E-state index contributed by atoms with van der Waals surface area (Å²) in [6, 6.07) is 0. The summed E-state index contributed by atoms with van der Waals surface area (Å²) >= 11 is 0. The van der Waals surface area contributed by atoms with E-state index < -0.39 is 11.2 Å². The standard InChI is InChI=1S/C11H17N5O3/c1-3-5-16-8-7(9(18)14-11(16)19)15(2)10(13-8)12-4-6-17/h17H,3-6H2,1-2H3,(H,12,13)(H,14,18,19). The maximum atomic E-state index is 11.9. The molecule has 19 heavy (non-hydrogen) atoms. The third-order valence-electron chi connectivity index (χ3n) is 2.86. The molecule has 0 amide bonds. The molecule has 0 aromatic carbocycles. The zero-order chi connectivity index (χ0) is 14.0. The lowest BCUT2D eigenvalue weighted by molar-refractivity contribution is 0.310. The molecule has 104 valence electrons. The monoisotopic (exact) mass is 267 g/mol. The quantitative estimate of drug-likeness (QED) is 0.660. The Hall–Kier alpha value is -2.09. The molecule has 0 bridgehead atoms. The van der Waals surface area contributed by atoms with Crippen LogP contribution in [-0.4, -0.2) is 37.4 Å². The molecule has 0 fully saturated rings. The number of anilines is 1. The lowest BCUT2D eigenvalue weighted by atomic mass is 10.4. The van der Waals surface area contributed by atoms with Crippen LogP contribution in [0.4, 0.5) is 5.95 Å². The van der Waals surface area contributed by atoms with E-state index in [1.807, 2.05) is 6.92 Å². The fourth-order valence-electron chi connectivity index (χ4n) is 2.00. The largest absolute Gasteiger partial charge is 0.395 e. The van der Waals surface area contributed by atoms with Crippen LogP contribution in [0.25, 0.3) is 11.2 Å². The number of aliphatic hydroxyl groups excluding tert-OH is 1. The van der Waals surface area contributed by atoms with Crippen LogP contribution >= 0.6 is 0 Å². The number of nitrogens with zero attached hydrogens (tertiary/aromatic N) is 3. The van der Waals surface area contributed by atoms with E-state index in [1.54, 1.807) is 11.6 Å². The van der Waals surface area contributed by atoms with Gasteiger partial charge in [-0.15, -0.1) is 0 Å². The van der Waals surface area contributed by atoms with Crippen molar-refractivity contribution in [2.24, 2.45) is 7.05 Å². The molecule has 0 saturated carbocycles. The number of aromatic nitrogens is 4. The molecule has 0 radical (unpaired) electrons. The van der Waals surface area contributed by atoms with Gasteiger partial charge in [-0.25, -0.2) is 4.79 Å². The van der Waals surface area contributed by atoms with Gasteiger partial charge in [0.2, 0.25) is 5.95 Å². The number of nitrogens with one attached hydrogen (secondary N) is 2. The van der Waals surface area contributed by atoms with Crippen molar-refractivity contribution in [2.75, 3.05) is 18.5 Å². The summed E-state index contributed by atoms with van der Waals surface area (Å²) in [5.74, 6) is 0.449. The van der Waals surface area contributed by atoms with Crippen LogP contribution < -0.4 is 16.6 Å². The number of aryl methyl sites for hydroxylation is 2. The van der Waals surface area contributed by atoms with Crippen LogP contribution in [-0.2, 0) is 13.6 Å². The minimum Gasteiger partial charge on any atom is -0.395 e. The Labute approximate surface area is 108 Å². The fourth-order valence-corrected chi connectivity index (χ4v) is 2.00. The van der Waals surface area contributed by atoms with E-state index in [9.17, 15) is 9.59 Å². The van der Waals surface area contributed by atoms with Gasteiger partial charge in [-0.3, -0.25) is 14.3 Å². The second-order valence-electron chi connectivity index (χ2n) is 4.23. The van der Waals surface area contributed by atoms with Gasteiger partial charge in [0, 0.05) is 20.1 Å². The molecule has 0 unspecified atom stereocenters. The normalized spacial score (nSPS) is 11.1. The van der Waals surface area contributed by atoms with Gasteiger partial charge in [-0.05, 0) is 6.42 Å². The molecule has 2 rings (SSSR count). The second kappa shape index (κ2) is 5.27. The third-order valence-corrected chi connectivity index (χ3v) is 2.86. The first-order chi connectivity index (χ1) is 9.10. The number of hydrogen-bond acceptors (Lipinski definition) is 5. The van der Waals surface area contributed by atoms with Gasteiger partial charge in [-0.2, -0.15) is 4.98 Å². The average Bonchev–Trinajstić information content (AvgIpc) is 2.69. The SMILES string of the molecule is CCCn1c(=O)[nH]c(=O)c2c1nc(NCCO)n2C. The van der Waals surface area contributed by atoms with Crippen LogP contribution in [0.15, 0.2) is 9.59 Å². The van der Waals surface area contributed by atoms with Crippen molar-refractivity contribution in [3.63, 3.8) is 0 Å². The zero-order valence-corrected chi connectivity index (χ0v) is 10.9. The van der Waals surface area contributed by atoms with Crippen LogP contribution in [0.1, 0.15) is 13.3 Å². The maximum absolute atomic E-state index is 11.9. The van der Waals surface area contributed by atoms with Gasteiger partial charge in [0.25, 0.3) is 5.56 Å². The number of rotatable bonds is 5. The van der Waals surface area contributed by atoms with Gasteiger partial charge >= 0.3 is 5.69 Å². The molecule has 0 spiro atoms. The average molecular weight is 267 g/mol. The van der Waals surface area contributed by atoms with Gasteiger partial charge in [0.15, 0.2) is 11.2 Å². The number of aliphatic hydroxyl groups is 1. The first-order valence-electron chi connectivity index (χ1n) is 6.14. The fraction of sp³-hybridized carbons (Fsp3) is 0.545. The highest BCUT2D eigenvalue weighted by Gasteiger charge is 2.15. The number of hydrogen-bond donors (Lipinski definition) is 3. The molecule has 2 heterocycles. The molecule has 8 nitrogen and oxygen atoms in total. The molecule has 0 aliphatic heterocycles. The number of aromatic amines is 1. The van der Waals surface area contributed by atoms with E-state index in [1.165, 1.54) is 4.57 Å². The first-order valence-corrected chi connectivity index (χ1v) is 6.14. The molecule has 2 aromatic rings. The predicted octanol–water partition coefficient (Wildman–Crippen LogP) is -0.762. The lowest BCUT2D eigenvalue weighted by Gasteiger charge is -2.03. The van der Waals surface area contributed by atoms with E-state index in [0.29, 0.717) is 30.2 Å². The Morgan fingerprint density at radius 1 is 1.42 bits per heavy atom. The molecular formula is C11H17N5O3. The van der Waals surface area contributed by atoms with E-state index in [2.05, 4.69) is 15.3 Å². The van der Waals surface area contributed by atoms with Crippen molar-refractivity contribution in [2.45, 2.75) is 19.9 Å². The van der Waals surface area contributed by atoms with Crippen LogP contribution in [0, 0.1) is 0 Å². The summed E-state index contributed by atoms with van der Waals surface area (Å²) in [6.45, 7) is 2.72. The Balaban J connectivity index is 2.70. The molecule has 8 heteroatoms. The molecule has 3 N–H and O–H groups in total. The van der Waals surface area contributed by atoms with Gasteiger partial charge in [-0.1, -0.05) is 6.92 Å². The van der Waals surface area contributed by atoms with E-state index >= 15 is 0 Å². The first kappa shape index (κ1) is 13.3. The number of imidazole rings is 1. The van der Waals surface area contributed by atoms with Crippen molar-refractivity contribution >= 4 is 17.1 Å². The molecule has 0 saturated heterocycles. The highest BCUT2D eigenvalue weighted by molar-refractivity contribution is 5.73. The van der Waals surface area contributed by atoms with Crippen molar-refractivity contribution in [3.05, 3.63) is 20.8 Å². The summed E-state index contributed by atoms with van der Waals surface area (Å²) in [7, 11) is 1.69. The zero-order valence-electron chi connectivity index (χ0n) is 10.9. The highest BCUT2D eigenvalue weighted by Crippen LogP contribution is 2.13. The lowest BCUT2D eigenvalue weighted by Crippen LogP contribution is -2.30. The Morgan fingerprint density at radius 2 is 2.16 bits per heavy atom. The minimum absolute atomic E-state index is 0.0403. The summed E-state index contributed by atoms with van der Waals surface area (Å²) in [6.07, 6.45) is 0.761. The van der Waals surface area contributed by atoms with Gasteiger partial charge in [0.05, 0.1) is 6.61 Å². The number of H-pyrrole nitrogens is 1. The molecule has 0 aliphatic rings. The number of fused-ring (bicyclic) bond motifs is 1. The van der Waals surface area contributed by atoms with E-state index in [4.69, 9.17) is 5.11 Å². The van der Waals surface area contributed by atoms with Gasteiger partial charge in [0.1, 0.15) is 0 Å². The second-order valence-corrected chi connectivity index (χ2v) is 4.23. The van der Waals surface area contributed by atoms with Crippen molar-refractivity contribution in [3.8, 4) is 0 Å². The molecule has 2 aromatic heterocycles. The minimum atomic E-state index is -0.459. The Bertz CT molecular complexity index is 697. The van der Waals surface area contributed by atoms with E-state index in [0.717, 1.165) is 6.42 Å². The van der Waals surface area contributed by atoms with Crippen molar-refractivity contribution in [1.82, 2.24) is 19.1 Å². The molecular weight excluding hydrogens is 250 g/mol. The summed E-state index contributed by atoms with van der Waals surface area (Å²) in [5.41, 5.74) is -0.211. The molecule has 0 atom stereocenters. The van der Waals surface area contributed by atoms with E-state index in [-0.39, 0.29) is 6.61 Å². The van der Waals surface area contributed by atoms with Gasteiger partial charge < -0.3 is 15.0 Å². The van der Waals surface area contributed by atoms with Crippen molar-refractivity contribution in [1.29, 1.82) is 0 Å². The predicted molar refractivity (Wildman–Crippen MR) is 71.5 cm³/mol. The third kappa shape index (κ3) is 2.26. The smallest absolute Gasteiger partial charge is 0.330 e. The summed E-state index contributed by atoms with van der Waals surface area (Å²) in [5, 5.41) is 11.7. The Kier molecular flexibility index (Phi) is 3.70.